The van der Waals surface area contributed by atoms with Crippen LogP contribution in [0.4, 0.5) is 8.78 Å². The van der Waals surface area contributed by atoms with E-state index in [-0.39, 0.29) is 16.0 Å². The Morgan fingerprint density at radius 2 is 1.71 bits per heavy atom. The van der Waals surface area contributed by atoms with Crippen molar-refractivity contribution in [2.75, 3.05) is 24.1 Å². The Kier molecular flexibility index (Phi) is 8.29. The quantitative estimate of drug-likeness (QED) is 0.266. The van der Waals surface area contributed by atoms with E-state index in [1.807, 2.05) is 30.3 Å². The molecule has 1 rings (SSSR count). The van der Waals surface area contributed by atoms with Gasteiger partial charge in [0.2, 0.25) is 0 Å². The van der Waals surface area contributed by atoms with E-state index in [0.29, 0.717) is 19.7 Å². The van der Waals surface area contributed by atoms with Crippen LogP contribution in [0.5, 0.6) is 0 Å². The minimum atomic E-state index is -2.67. The average molecular weight is 469 g/mol. The van der Waals surface area contributed by atoms with Crippen LogP contribution in [-0.4, -0.2) is 43.3 Å². The van der Waals surface area contributed by atoms with Crippen molar-refractivity contribution in [3.8, 4) is 0 Å². The van der Waals surface area contributed by atoms with Gasteiger partial charge in [0.25, 0.3) is 5.92 Å². The smallest absolute Gasteiger partial charge is 0.269 e. The lowest BCUT2D eigenvalue weighted by Crippen LogP contribution is -2.44. The number of rotatable bonds is 9. The van der Waals surface area contributed by atoms with Gasteiger partial charge < -0.3 is 4.43 Å². The van der Waals surface area contributed by atoms with E-state index < -0.39 is 14.2 Å². The molecule has 138 valence electrons. The summed E-state index contributed by atoms with van der Waals surface area (Å²) < 4.78 is 33.7. The standard InChI is InChI=1S/C18H30F2INOSi/c1-17(2,3)24(4,5)23-12-11-22(15-18(19,20)14-21)13-16-9-7-6-8-10-16/h6-10H,11-15H2,1-5H3. The van der Waals surface area contributed by atoms with Gasteiger partial charge in [0.05, 0.1) is 11.0 Å². The van der Waals surface area contributed by atoms with Crippen LogP contribution in [0.15, 0.2) is 30.3 Å². The van der Waals surface area contributed by atoms with Crippen molar-refractivity contribution in [2.24, 2.45) is 0 Å². The molecule has 0 fully saturated rings. The fourth-order valence-electron chi connectivity index (χ4n) is 2.07. The minimum absolute atomic E-state index is 0.128. The largest absolute Gasteiger partial charge is 0.416 e. The van der Waals surface area contributed by atoms with E-state index in [1.165, 1.54) is 0 Å². The third kappa shape index (κ3) is 7.45. The molecule has 0 saturated carbocycles. The molecular formula is C18H30F2INOSi. The zero-order chi connectivity index (χ0) is 18.4. The van der Waals surface area contributed by atoms with E-state index in [9.17, 15) is 8.78 Å². The molecule has 1 aromatic carbocycles. The molecular weight excluding hydrogens is 439 g/mol. The normalized spacial score (nSPS) is 13.5. The Morgan fingerprint density at radius 1 is 1.12 bits per heavy atom. The first-order valence-corrected chi connectivity index (χ1v) is 12.7. The van der Waals surface area contributed by atoms with Crippen molar-refractivity contribution in [2.45, 2.75) is 51.4 Å². The molecule has 0 amide bonds. The number of alkyl halides is 3. The molecule has 2 nitrogen and oxygen atoms in total. The molecule has 0 N–H and O–H groups in total. The maximum atomic E-state index is 13.9. The van der Waals surface area contributed by atoms with Gasteiger partial charge in [-0.05, 0) is 23.7 Å². The van der Waals surface area contributed by atoms with Gasteiger partial charge in [-0.3, -0.25) is 4.90 Å². The highest BCUT2D eigenvalue weighted by Crippen LogP contribution is 2.36. The fourth-order valence-corrected chi connectivity index (χ4v) is 3.35. The minimum Gasteiger partial charge on any atom is -0.416 e. The summed E-state index contributed by atoms with van der Waals surface area (Å²) in [6, 6.07) is 9.77. The summed E-state index contributed by atoms with van der Waals surface area (Å²) in [5, 5.41) is 0.128. The lowest BCUT2D eigenvalue weighted by Gasteiger charge is -2.37. The molecule has 6 heteroatoms. The second-order valence-electron chi connectivity index (χ2n) is 7.79. The summed E-state index contributed by atoms with van der Waals surface area (Å²) in [5.41, 5.74) is 1.05. The van der Waals surface area contributed by atoms with Gasteiger partial charge in [-0.25, -0.2) is 8.78 Å². The number of hydrogen-bond donors (Lipinski definition) is 0. The maximum absolute atomic E-state index is 13.9. The maximum Gasteiger partial charge on any atom is 0.269 e. The average Bonchev–Trinajstić information content (AvgIpc) is 2.46. The van der Waals surface area contributed by atoms with Crippen LogP contribution in [-0.2, 0) is 11.0 Å². The predicted molar refractivity (Wildman–Crippen MR) is 109 cm³/mol. The molecule has 0 aliphatic carbocycles. The van der Waals surface area contributed by atoms with Gasteiger partial charge in [0.1, 0.15) is 0 Å². The molecule has 0 saturated heterocycles. The molecule has 0 radical (unpaired) electrons. The molecule has 0 atom stereocenters. The van der Waals surface area contributed by atoms with Crippen LogP contribution in [0.25, 0.3) is 0 Å². The van der Waals surface area contributed by atoms with Gasteiger partial charge in [-0.2, -0.15) is 0 Å². The highest BCUT2D eigenvalue weighted by atomic mass is 127. The van der Waals surface area contributed by atoms with Gasteiger partial charge in [0.15, 0.2) is 8.32 Å². The molecule has 0 aliphatic heterocycles. The van der Waals surface area contributed by atoms with Crippen LogP contribution < -0.4 is 0 Å². The summed E-state index contributed by atoms with van der Waals surface area (Å²) in [4.78, 5) is 1.81. The zero-order valence-corrected chi connectivity index (χ0v) is 18.6. The van der Waals surface area contributed by atoms with E-state index in [0.717, 1.165) is 5.56 Å². The number of nitrogens with zero attached hydrogens (tertiary/aromatic N) is 1. The Hall–Kier alpha value is -0.0531. The first-order chi connectivity index (χ1) is 11.0. The highest BCUT2D eigenvalue weighted by molar-refractivity contribution is 14.1. The van der Waals surface area contributed by atoms with Gasteiger partial charge in [0, 0.05) is 19.7 Å². The van der Waals surface area contributed by atoms with Crippen molar-refractivity contribution in [3.63, 3.8) is 0 Å². The van der Waals surface area contributed by atoms with Gasteiger partial charge in [-0.1, -0.05) is 73.7 Å². The molecule has 1 aromatic rings. The fraction of sp³-hybridized carbons (Fsp3) is 0.667. The second-order valence-corrected chi connectivity index (χ2v) is 13.4. The van der Waals surface area contributed by atoms with Gasteiger partial charge in [-0.15, -0.1) is 0 Å². The van der Waals surface area contributed by atoms with Gasteiger partial charge >= 0.3 is 0 Å². The first kappa shape index (κ1) is 22.0. The third-order valence-electron chi connectivity index (χ3n) is 4.58. The molecule has 0 aromatic heterocycles. The highest BCUT2D eigenvalue weighted by Gasteiger charge is 2.37. The summed E-state index contributed by atoms with van der Waals surface area (Å²) >= 11 is 1.75. The summed E-state index contributed by atoms with van der Waals surface area (Å²) in [5.74, 6) is -2.67. The Bertz CT molecular complexity index is 492. The van der Waals surface area contributed by atoms with E-state index >= 15 is 0 Å². The Labute approximate surface area is 160 Å². The second kappa shape index (κ2) is 9.05. The van der Waals surface area contributed by atoms with Crippen molar-refractivity contribution in [1.82, 2.24) is 4.90 Å². The lowest BCUT2D eigenvalue weighted by molar-refractivity contribution is -0.0124. The zero-order valence-electron chi connectivity index (χ0n) is 15.4. The van der Waals surface area contributed by atoms with Crippen molar-refractivity contribution >= 4 is 30.9 Å². The first-order valence-electron chi connectivity index (χ1n) is 8.31. The molecule has 0 heterocycles. The summed E-state index contributed by atoms with van der Waals surface area (Å²) in [6.45, 7) is 12.2. The number of benzene rings is 1. The SMILES string of the molecule is CC(C)(C)[Si](C)(C)OCCN(Cc1ccccc1)CC(F)(F)CI. The van der Waals surface area contributed by atoms with E-state index in [2.05, 4.69) is 33.9 Å². The third-order valence-corrected chi connectivity index (χ3v) is 10.2. The van der Waals surface area contributed by atoms with E-state index in [1.54, 1.807) is 27.5 Å². The van der Waals surface area contributed by atoms with Crippen molar-refractivity contribution in [1.29, 1.82) is 0 Å². The molecule has 24 heavy (non-hydrogen) atoms. The molecule has 0 bridgehead atoms. The molecule has 0 aliphatic rings. The summed E-state index contributed by atoms with van der Waals surface area (Å²) in [7, 11) is -1.85. The topological polar surface area (TPSA) is 12.5 Å². The Morgan fingerprint density at radius 3 is 2.21 bits per heavy atom. The monoisotopic (exact) mass is 469 g/mol. The van der Waals surface area contributed by atoms with Crippen LogP contribution in [0.3, 0.4) is 0 Å². The van der Waals surface area contributed by atoms with Crippen molar-refractivity contribution in [3.05, 3.63) is 35.9 Å². The van der Waals surface area contributed by atoms with Crippen molar-refractivity contribution < 1.29 is 13.2 Å². The predicted octanol–water partition coefficient (Wildman–Crippen LogP) is 5.58. The van der Waals surface area contributed by atoms with Crippen LogP contribution in [0, 0.1) is 0 Å². The number of hydrogen-bond acceptors (Lipinski definition) is 2. The Balaban J connectivity index is 2.68. The summed E-state index contributed by atoms with van der Waals surface area (Å²) in [6.07, 6.45) is 0. The van der Waals surface area contributed by atoms with Crippen LogP contribution in [0.1, 0.15) is 26.3 Å². The lowest BCUT2D eigenvalue weighted by atomic mass is 10.2. The molecule has 0 spiro atoms. The molecule has 0 unspecified atom stereocenters. The number of halogens is 3. The van der Waals surface area contributed by atoms with E-state index in [4.69, 9.17) is 4.43 Å². The van der Waals surface area contributed by atoms with Crippen LogP contribution >= 0.6 is 22.6 Å². The van der Waals surface area contributed by atoms with Crippen LogP contribution in [0.2, 0.25) is 18.1 Å².